The minimum absolute atomic E-state index is 0.0654. The van der Waals surface area contributed by atoms with Crippen molar-refractivity contribution >= 4 is 11.8 Å². The molecule has 1 rings (SSSR count). The molecule has 0 saturated heterocycles. The smallest absolute Gasteiger partial charge is 0.306 e. The van der Waals surface area contributed by atoms with Crippen LogP contribution in [-0.2, 0) is 14.3 Å². The molecule has 1 saturated carbocycles. The Bertz CT molecular complexity index is 294. The fraction of sp³-hybridized carbons (Fsp3) is 0.714. The predicted molar refractivity (Wildman–Crippen MR) is 66.5 cm³/mol. The lowest BCUT2D eigenvalue weighted by Crippen LogP contribution is -2.19. The molecule has 17 heavy (non-hydrogen) atoms. The van der Waals surface area contributed by atoms with Gasteiger partial charge in [-0.3, -0.25) is 9.59 Å². The molecule has 0 spiro atoms. The normalized spacial score (nSPS) is 24.5. The summed E-state index contributed by atoms with van der Waals surface area (Å²) in [6, 6.07) is 0. The minimum atomic E-state index is -0.164. The third-order valence-corrected chi connectivity index (χ3v) is 3.36. The van der Waals surface area contributed by atoms with E-state index in [0.717, 1.165) is 19.3 Å². The monoisotopic (exact) mass is 238 g/mol. The molecule has 0 N–H and O–H groups in total. The van der Waals surface area contributed by atoms with Gasteiger partial charge in [0.2, 0.25) is 0 Å². The highest BCUT2D eigenvalue weighted by Gasteiger charge is 2.35. The van der Waals surface area contributed by atoms with Crippen LogP contribution in [0.25, 0.3) is 0 Å². The lowest BCUT2D eigenvalue weighted by Gasteiger charge is -2.16. The van der Waals surface area contributed by atoms with Gasteiger partial charge in [0.05, 0.1) is 6.61 Å². The number of esters is 1. The van der Waals surface area contributed by atoms with E-state index in [4.69, 9.17) is 4.74 Å². The maximum absolute atomic E-state index is 11.7. The second-order valence-corrected chi connectivity index (χ2v) is 4.53. The van der Waals surface area contributed by atoms with Gasteiger partial charge in [0.1, 0.15) is 5.78 Å². The molecule has 0 heterocycles. The third-order valence-electron chi connectivity index (χ3n) is 3.36. The molecule has 2 atom stereocenters. The molecule has 0 aromatic rings. The molecular formula is C14H22O3. The summed E-state index contributed by atoms with van der Waals surface area (Å²) < 4.78 is 4.95. The maximum Gasteiger partial charge on any atom is 0.306 e. The lowest BCUT2D eigenvalue weighted by molar-refractivity contribution is -0.144. The highest BCUT2D eigenvalue weighted by atomic mass is 16.5. The van der Waals surface area contributed by atoms with Crippen LogP contribution in [0.5, 0.6) is 0 Å². The number of carbonyl (C=O) groups excluding carboxylic acids is 2. The van der Waals surface area contributed by atoms with Gasteiger partial charge in [-0.15, -0.1) is 0 Å². The summed E-state index contributed by atoms with van der Waals surface area (Å²) in [5, 5.41) is 0. The van der Waals surface area contributed by atoms with Gasteiger partial charge in [-0.2, -0.15) is 0 Å². The van der Waals surface area contributed by atoms with E-state index in [9.17, 15) is 9.59 Å². The number of rotatable bonds is 6. The molecule has 0 bridgehead atoms. The molecule has 0 aromatic carbocycles. The third kappa shape index (κ3) is 4.33. The van der Waals surface area contributed by atoms with Crippen molar-refractivity contribution in [3.63, 3.8) is 0 Å². The first-order valence-corrected chi connectivity index (χ1v) is 6.48. The van der Waals surface area contributed by atoms with Gasteiger partial charge in [0.25, 0.3) is 0 Å². The number of hydrogen-bond donors (Lipinski definition) is 0. The minimum Gasteiger partial charge on any atom is -0.466 e. The molecule has 1 aliphatic rings. The average Bonchev–Trinajstić information content (AvgIpc) is 2.62. The number of carbonyl (C=O) groups is 2. The van der Waals surface area contributed by atoms with E-state index >= 15 is 0 Å². The van der Waals surface area contributed by atoms with E-state index in [-0.39, 0.29) is 17.8 Å². The van der Waals surface area contributed by atoms with Gasteiger partial charge < -0.3 is 4.74 Å². The first-order chi connectivity index (χ1) is 8.19. The first-order valence-electron chi connectivity index (χ1n) is 6.48. The lowest BCUT2D eigenvalue weighted by atomic mass is 9.88. The highest BCUT2D eigenvalue weighted by molar-refractivity contribution is 5.84. The molecule has 1 fully saturated rings. The molecule has 3 nitrogen and oxygen atoms in total. The Hall–Kier alpha value is -1.12. The Balaban J connectivity index is 2.46. The topological polar surface area (TPSA) is 43.4 Å². The molecule has 0 aromatic heterocycles. The largest absolute Gasteiger partial charge is 0.466 e. The van der Waals surface area contributed by atoms with Crippen LogP contribution in [0, 0.1) is 11.8 Å². The van der Waals surface area contributed by atoms with E-state index in [1.807, 2.05) is 13.0 Å². The molecule has 3 heteroatoms. The van der Waals surface area contributed by atoms with Crippen molar-refractivity contribution in [3.8, 4) is 0 Å². The van der Waals surface area contributed by atoms with Crippen molar-refractivity contribution in [1.82, 2.24) is 0 Å². The van der Waals surface area contributed by atoms with Gasteiger partial charge in [-0.1, -0.05) is 12.2 Å². The van der Waals surface area contributed by atoms with Crippen molar-refractivity contribution in [2.45, 2.75) is 46.0 Å². The van der Waals surface area contributed by atoms with E-state index < -0.39 is 0 Å². The summed E-state index contributed by atoms with van der Waals surface area (Å²) in [5.41, 5.74) is 0. The van der Waals surface area contributed by atoms with Crippen molar-refractivity contribution in [2.24, 2.45) is 11.8 Å². The van der Waals surface area contributed by atoms with E-state index in [1.54, 1.807) is 6.92 Å². The molecule has 0 aliphatic heterocycles. The predicted octanol–water partition coefficient (Wildman–Crippen LogP) is 2.89. The van der Waals surface area contributed by atoms with Gasteiger partial charge in [-0.05, 0) is 39.0 Å². The summed E-state index contributed by atoms with van der Waals surface area (Å²) in [6.07, 6.45) is 7.75. The van der Waals surface area contributed by atoms with Crippen LogP contribution in [0.1, 0.15) is 46.0 Å². The number of Topliss-reactive ketones (excluding diaryl/α,β-unsaturated/α-hetero) is 1. The van der Waals surface area contributed by atoms with E-state index in [1.165, 1.54) is 0 Å². The summed E-state index contributed by atoms with van der Waals surface area (Å²) in [5.74, 6) is 0.425. The Morgan fingerprint density at radius 1 is 1.53 bits per heavy atom. The molecule has 0 radical (unpaired) electrons. The molecular weight excluding hydrogens is 216 g/mol. The van der Waals surface area contributed by atoms with Crippen molar-refractivity contribution in [3.05, 3.63) is 12.2 Å². The van der Waals surface area contributed by atoms with Crippen molar-refractivity contribution in [2.75, 3.05) is 6.61 Å². The maximum atomic E-state index is 11.7. The zero-order valence-corrected chi connectivity index (χ0v) is 10.8. The summed E-state index contributed by atoms with van der Waals surface area (Å²) in [4.78, 5) is 23.2. The van der Waals surface area contributed by atoms with Crippen LogP contribution >= 0.6 is 0 Å². The second kappa shape index (κ2) is 7.25. The number of ketones is 1. The number of allylic oxidation sites excluding steroid dienone is 2. The van der Waals surface area contributed by atoms with Gasteiger partial charge in [0.15, 0.2) is 0 Å². The van der Waals surface area contributed by atoms with Crippen molar-refractivity contribution in [1.29, 1.82) is 0 Å². The summed E-state index contributed by atoms with van der Waals surface area (Å²) in [7, 11) is 0. The standard InChI is InChI=1S/C14H22O3/c1-3-5-6-7-12-11(8-9-13(12)15)10-14(16)17-4-2/h3,5,11-12H,4,6-10H2,1-2H3. The van der Waals surface area contributed by atoms with Gasteiger partial charge >= 0.3 is 5.97 Å². The fourth-order valence-electron chi connectivity index (χ4n) is 2.49. The zero-order valence-electron chi connectivity index (χ0n) is 10.8. The van der Waals surface area contributed by atoms with Gasteiger partial charge in [-0.25, -0.2) is 0 Å². The van der Waals surface area contributed by atoms with E-state index in [0.29, 0.717) is 25.2 Å². The number of ether oxygens (including phenoxy) is 1. The quantitative estimate of drug-likeness (QED) is 0.528. The SMILES string of the molecule is CC=CCCC1C(=O)CCC1CC(=O)OCC. The zero-order chi connectivity index (χ0) is 12.7. The summed E-state index contributed by atoms with van der Waals surface area (Å²) in [6.45, 7) is 4.20. The van der Waals surface area contributed by atoms with Crippen LogP contribution in [-0.4, -0.2) is 18.4 Å². The highest BCUT2D eigenvalue weighted by Crippen LogP contribution is 2.34. The first kappa shape index (κ1) is 13.9. The Morgan fingerprint density at radius 3 is 2.94 bits per heavy atom. The molecule has 96 valence electrons. The molecule has 1 aliphatic carbocycles. The Morgan fingerprint density at radius 2 is 2.29 bits per heavy atom. The van der Waals surface area contributed by atoms with Crippen LogP contribution in [0.2, 0.25) is 0 Å². The Kier molecular flexibility index (Phi) is 5.95. The van der Waals surface area contributed by atoms with Crippen LogP contribution in [0.15, 0.2) is 12.2 Å². The molecule has 2 unspecified atom stereocenters. The van der Waals surface area contributed by atoms with Crippen molar-refractivity contribution < 1.29 is 14.3 Å². The van der Waals surface area contributed by atoms with Crippen LogP contribution in [0.3, 0.4) is 0 Å². The van der Waals surface area contributed by atoms with E-state index in [2.05, 4.69) is 6.08 Å². The summed E-state index contributed by atoms with van der Waals surface area (Å²) >= 11 is 0. The average molecular weight is 238 g/mol. The number of hydrogen-bond acceptors (Lipinski definition) is 3. The molecule has 0 amide bonds. The van der Waals surface area contributed by atoms with Gasteiger partial charge in [0, 0.05) is 18.8 Å². The Labute approximate surface area is 103 Å². The fourth-order valence-corrected chi connectivity index (χ4v) is 2.49. The van der Waals surface area contributed by atoms with Crippen LogP contribution < -0.4 is 0 Å². The van der Waals surface area contributed by atoms with Crippen LogP contribution in [0.4, 0.5) is 0 Å². The second-order valence-electron chi connectivity index (χ2n) is 4.53.